The Morgan fingerprint density at radius 1 is 1.47 bits per heavy atom. The lowest BCUT2D eigenvalue weighted by Gasteiger charge is -2.31. The van der Waals surface area contributed by atoms with Crippen LogP contribution in [0.2, 0.25) is 0 Å². The monoisotopic (exact) mass is 211 g/mol. The fourth-order valence-corrected chi connectivity index (χ4v) is 2.32. The summed E-state index contributed by atoms with van der Waals surface area (Å²) in [4.78, 5) is 0. The highest BCUT2D eigenvalue weighted by atomic mass is 16.5. The Morgan fingerprint density at radius 3 is 3.00 bits per heavy atom. The van der Waals surface area contributed by atoms with Crippen LogP contribution >= 0.6 is 0 Å². The Morgan fingerprint density at radius 2 is 2.40 bits per heavy atom. The Kier molecular flexibility index (Phi) is 4.03. The van der Waals surface area contributed by atoms with Crippen LogP contribution in [0.3, 0.4) is 0 Å². The number of ether oxygens (including phenoxy) is 2. The average molecular weight is 211 g/mol. The third-order valence-electron chi connectivity index (χ3n) is 3.05. The Labute approximate surface area is 91.8 Å². The van der Waals surface area contributed by atoms with Gasteiger partial charge in [0.1, 0.15) is 5.76 Å². The number of hydrogen-bond acceptors (Lipinski definition) is 3. The lowest BCUT2D eigenvalue weighted by molar-refractivity contribution is -0.0102. The van der Waals surface area contributed by atoms with Crippen LogP contribution in [-0.4, -0.2) is 31.9 Å². The summed E-state index contributed by atoms with van der Waals surface area (Å²) in [5.74, 6) is 1.10. The van der Waals surface area contributed by atoms with Crippen molar-refractivity contribution in [2.24, 2.45) is 0 Å². The first kappa shape index (κ1) is 11.0. The van der Waals surface area contributed by atoms with E-state index >= 15 is 0 Å². The molecule has 2 heterocycles. The highest BCUT2D eigenvalue weighted by molar-refractivity contribution is 5.10. The minimum absolute atomic E-state index is 0.276. The molecule has 2 aliphatic heterocycles. The second-order valence-electron chi connectivity index (χ2n) is 4.18. The van der Waals surface area contributed by atoms with E-state index in [-0.39, 0.29) is 6.04 Å². The lowest BCUT2D eigenvalue weighted by atomic mass is 10.0. The highest BCUT2D eigenvalue weighted by Gasteiger charge is 2.29. The van der Waals surface area contributed by atoms with Crippen molar-refractivity contribution in [3.63, 3.8) is 0 Å². The Bertz CT molecular complexity index is 222. The normalized spacial score (nSPS) is 28.3. The molecule has 2 rings (SSSR count). The first-order valence-electron chi connectivity index (χ1n) is 6.09. The van der Waals surface area contributed by atoms with Gasteiger partial charge in [-0.15, -0.1) is 0 Å². The molecule has 0 aromatic carbocycles. The molecule has 0 aliphatic carbocycles. The second-order valence-corrected chi connectivity index (χ2v) is 4.18. The summed E-state index contributed by atoms with van der Waals surface area (Å²) in [6.07, 6.45) is 7.19. The molecule has 1 fully saturated rings. The number of rotatable bonds is 4. The molecule has 0 spiro atoms. The molecule has 0 amide bonds. The summed E-state index contributed by atoms with van der Waals surface area (Å²) < 4.78 is 11.5. The van der Waals surface area contributed by atoms with E-state index in [0.717, 1.165) is 38.4 Å². The van der Waals surface area contributed by atoms with Gasteiger partial charge < -0.3 is 14.8 Å². The van der Waals surface area contributed by atoms with Crippen molar-refractivity contribution in [1.82, 2.24) is 5.32 Å². The zero-order valence-electron chi connectivity index (χ0n) is 9.50. The molecule has 0 aromatic heterocycles. The summed E-state index contributed by atoms with van der Waals surface area (Å²) in [5.41, 5.74) is 0. The van der Waals surface area contributed by atoms with Crippen molar-refractivity contribution in [2.75, 3.05) is 19.8 Å². The average Bonchev–Trinajstić information content (AvgIpc) is 2.80. The van der Waals surface area contributed by atoms with Gasteiger partial charge in [0.05, 0.1) is 18.8 Å². The first-order valence-corrected chi connectivity index (χ1v) is 6.09. The van der Waals surface area contributed by atoms with Crippen molar-refractivity contribution in [2.45, 2.75) is 44.8 Å². The van der Waals surface area contributed by atoms with Gasteiger partial charge in [-0.3, -0.25) is 0 Å². The van der Waals surface area contributed by atoms with Crippen molar-refractivity contribution < 1.29 is 9.47 Å². The fraction of sp³-hybridized carbons (Fsp3) is 0.833. The molecule has 2 aliphatic rings. The molecule has 0 bridgehead atoms. The number of likely N-dealkylation sites (N-methyl/N-ethyl adjacent to an activating group) is 1. The van der Waals surface area contributed by atoms with E-state index in [4.69, 9.17) is 9.47 Å². The van der Waals surface area contributed by atoms with Crippen molar-refractivity contribution in [3.05, 3.63) is 11.8 Å². The predicted molar refractivity (Wildman–Crippen MR) is 59.7 cm³/mol. The van der Waals surface area contributed by atoms with Gasteiger partial charge in [0.15, 0.2) is 0 Å². The van der Waals surface area contributed by atoms with Gasteiger partial charge in [-0.25, -0.2) is 0 Å². The van der Waals surface area contributed by atoms with E-state index in [1.54, 1.807) is 0 Å². The Hall–Kier alpha value is -0.540. The quantitative estimate of drug-likeness (QED) is 0.769. The summed E-state index contributed by atoms with van der Waals surface area (Å²) in [6.45, 7) is 4.83. The summed E-state index contributed by atoms with van der Waals surface area (Å²) in [6, 6.07) is 0.276. The van der Waals surface area contributed by atoms with Gasteiger partial charge in [-0.2, -0.15) is 0 Å². The van der Waals surface area contributed by atoms with Crippen LogP contribution < -0.4 is 5.32 Å². The second kappa shape index (κ2) is 5.52. The maximum Gasteiger partial charge on any atom is 0.112 e. The largest absolute Gasteiger partial charge is 0.496 e. The molecular formula is C12H21NO2. The fourth-order valence-electron chi connectivity index (χ4n) is 2.32. The topological polar surface area (TPSA) is 30.5 Å². The van der Waals surface area contributed by atoms with Crippen LogP contribution in [0.1, 0.15) is 32.6 Å². The lowest BCUT2D eigenvalue weighted by Crippen LogP contribution is -2.44. The van der Waals surface area contributed by atoms with E-state index in [9.17, 15) is 0 Å². The maximum absolute atomic E-state index is 5.82. The molecule has 86 valence electrons. The van der Waals surface area contributed by atoms with Gasteiger partial charge in [0, 0.05) is 13.0 Å². The molecule has 0 radical (unpaired) electrons. The van der Waals surface area contributed by atoms with Crippen LogP contribution in [-0.2, 0) is 9.47 Å². The van der Waals surface area contributed by atoms with Gasteiger partial charge in [-0.1, -0.05) is 6.92 Å². The van der Waals surface area contributed by atoms with E-state index in [0.29, 0.717) is 6.10 Å². The van der Waals surface area contributed by atoms with E-state index < -0.39 is 0 Å². The first-order chi connectivity index (χ1) is 7.42. The van der Waals surface area contributed by atoms with E-state index in [1.807, 2.05) is 0 Å². The van der Waals surface area contributed by atoms with Crippen LogP contribution in [0.5, 0.6) is 0 Å². The van der Waals surface area contributed by atoms with E-state index in [2.05, 4.69) is 18.3 Å². The third kappa shape index (κ3) is 2.73. The smallest absolute Gasteiger partial charge is 0.112 e. The van der Waals surface area contributed by atoms with Crippen LogP contribution in [0.25, 0.3) is 0 Å². The third-order valence-corrected chi connectivity index (χ3v) is 3.05. The molecule has 1 N–H and O–H groups in total. The van der Waals surface area contributed by atoms with Gasteiger partial charge >= 0.3 is 0 Å². The SMILES string of the molecule is CCNC(C1=CCCO1)C1CCCCO1. The predicted octanol–water partition coefficient (Wildman–Crippen LogP) is 1.84. The number of hydrogen-bond donors (Lipinski definition) is 1. The molecule has 0 saturated carbocycles. The van der Waals surface area contributed by atoms with Crippen molar-refractivity contribution in [1.29, 1.82) is 0 Å². The van der Waals surface area contributed by atoms with Gasteiger partial charge in [0.2, 0.25) is 0 Å². The molecule has 3 heteroatoms. The number of nitrogens with one attached hydrogen (secondary N) is 1. The van der Waals surface area contributed by atoms with Crippen LogP contribution in [0.4, 0.5) is 0 Å². The molecule has 0 aromatic rings. The van der Waals surface area contributed by atoms with Crippen molar-refractivity contribution in [3.8, 4) is 0 Å². The zero-order chi connectivity index (χ0) is 10.5. The molecule has 15 heavy (non-hydrogen) atoms. The molecule has 1 saturated heterocycles. The van der Waals surface area contributed by atoms with E-state index in [1.165, 1.54) is 12.8 Å². The molecular weight excluding hydrogens is 190 g/mol. The maximum atomic E-state index is 5.82. The summed E-state index contributed by atoms with van der Waals surface area (Å²) in [7, 11) is 0. The molecule has 2 atom stereocenters. The zero-order valence-corrected chi connectivity index (χ0v) is 9.50. The highest BCUT2D eigenvalue weighted by Crippen LogP contribution is 2.23. The van der Waals surface area contributed by atoms with Gasteiger partial charge in [0.25, 0.3) is 0 Å². The summed E-state index contributed by atoms with van der Waals surface area (Å²) >= 11 is 0. The van der Waals surface area contributed by atoms with Gasteiger partial charge in [-0.05, 0) is 31.9 Å². The minimum Gasteiger partial charge on any atom is -0.496 e. The molecule has 3 nitrogen and oxygen atoms in total. The standard InChI is InChI=1S/C12H21NO2/c1-2-13-12(11-7-5-9-15-11)10-6-3-4-8-14-10/h7,10,12-13H,2-6,8-9H2,1H3. The van der Waals surface area contributed by atoms with Crippen LogP contribution in [0.15, 0.2) is 11.8 Å². The Balaban J connectivity index is 1.97. The van der Waals surface area contributed by atoms with Crippen molar-refractivity contribution >= 4 is 0 Å². The molecule has 2 unspecified atom stereocenters. The van der Waals surface area contributed by atoms with Crippen LogP contribution in [0, 0.1) is 0 Å². The minimum atomic E-state index is 0.276. The summed E-state index contributed by atoms with van der Waals surface area (Å²) in [5, 5.41) is 3.48.